The van der Waals surface area contributed by atoms with Crippen molar-refractivity contribution in [1.82, 2.24) is 10.6 Å². The van der Waals surface area contributed by atoms with Crippen LogP contribution in [0.3, 0.4) is 0 Å². The van der Waals surface area contributed by atoms with Gasteiger partial charge in [-0.3, -0.25) is 9.59 Å². The zero-order valence-corrected chi connectivity index (χ0v) is 14.8. The highest BCUT2D eigenvalue weighted by Crippen LogP contribution is 2.27. The van der Waals surface area contributed by atoms with Crippen LogP contribution >= 0.6 is 12.4 Å². The van der Waals surface area contributed by atoms with Crippen LogP contribution in [0.25, 0.3) is 0 Å². The van der Waals surface area contributed by atoms with Gasteiger partial charge in [0.2, 0.25) is 5.91 Å². The fourth-order valence-corrected chi connectivity index (χ4v) is 2.58. The Morgan fingerprint density at radius 1 is 1.22 bits per heavy atom. The molecule has 1 unspecified atom stereocenters. The van der Waals surface area contributed by atoms with Crippen molar-refractivity contribution in [2.75, 3.05) is 18.4 Å². The Kier molecular flexibility index (Phi) is 7.03. The monoisotopic (exact) mass is 339 g/mol. The number of nitrogens with one attached hydrogen (secondary N) is 3. The van der Waals surface area contributed by atoms with E-state index in [1.807, 2.05) is 20.8 Å². The van der Waals surface area contributed by atoms with Crippen LogP contribution in [0.2, 0.25) is 0 Å². The van der Waals surface area contributed by atoms with E-state index >= 15 is 0 Å². The summed E-state index contributed by atoms with van der Waals surface area (Å²) in [5, 5.41) is 9.06. The summed E-state index contributed by atoms with van der Waals surface area (Å²) >= 11 is 0. The number of piperidine rings is 1. The molecule has 1 aliphatic rings. The second-order valence-electron chi connectivity index (χ2n) is 6.50. The third-order valence-corrected chi connectivity index (χ3v) is 3.97. The molecule has 23 heavy (non-hydrogen) atoms. The summed E-state index contributed by atoms with van der Waals surface area (Å²) in [5.74, 6) is -0.0737. The van der Waals surface area contributed by atoms with Crippen LogP contribution in [0.1, 0.15) is 44.0 Å². The fraction of sp³-hybridized carbons (Fsp3) is 0.529. The smallest absolute Gasteiger partial charge is 0.251 e. The van der Waals surface area contributed by atoms with E-state index in [9.17, 15) is 9.59 Å². The van der Waals surface area contributed by atoms with Crippen LogP contribution in [0.4, 0.5) is 5.69 Å². The number of benzene rings is 1. The first-order chi connectivity index (χ1) is 10.4. The second kappa shape index (κ2) is 8.31. The summed E-state index contributed by atoms with van der Waals surface area (Å²) in [6, 6.07) is 7.11. The Morgan fingerprint density at radius 2 is 1.87 bits per heavy atom. The van der Waals surface area contributed by atoms with E-state index in [0.717, 1.165) is 25.1 Å². The number of rotatable bonds is 4. The lowest BCUT2D eigenvalue weighted by Gasteiger charge is -2.32. The quantitative estimate of drug-likeness (QED) is 0.789. The summed E-state index contributed by atoms with van der Waals surface area (Å²) in [6.45, 7) is 7.51. The molecule has 3 N–H and O–H groups in total. The normalized spacial score (nSPS) is 20.5. The van der Waals surface area contributed by atoms with Gasteiger partial charge in [-0.1, -0.05) is 0 Å². The predicted molar refractivity (Wildman–Crippen MR) is 95.1 cm³/mol. The Balaban J connectivity index is 0.00000264. The standard InChI is InChI=1S/C17H25N3O2.ClH/c1-12(2)19-15(21)13-5-7-14(8-6-13)20-16(22)17(3)9-4-10-18-11-17;/h5-8,12,18H,4,9-11H2,1-3H3,(H,19,21)(H,20,22);1H. The molecule has 0 saturated carbocycles. The van der Waals surface area contributed by atoms with E-state index in [4.69, 9.17) is 0 Å². The number of carbonyl (C=O) groups excluding carboxylic acids is 2. The van der Waals surface area contributed by atoms with E-state index < -0.39 is 0 Å². The van der Waals surface area contributed by atoms with E-state index in [0.29, 0.717) is 12.1 Å². The van der Waals surface area contributed by atoms with Crippen molar-refractivity contribution < 1.29 is 9.59 Å². The van der Waals surface area contributed by atoms with Crippen molar-refractivity contribution in [3.63, 3.8) is 0 Å². The average Bonchev–Trinajstić information content (AvgIpc) is 2.48. The fourth-order valence-electron chi connectivity index (χ4n) is 2.58. The van der Waals surface area contributed by atoms with Crippen molar-refractivity contribution >= 4 is 29.9 Å². The summed E-state index contributed by atoms with van der Waals surface area (Å²) < 4.78 is 0. The van der Waals surface area contributed by atoms with E-state index in [-0.39, 0.29) is 35.7 Å². The topological polar surface area (TPSA) is 70.2 Å². The summed E-state index contributed by atoms with van der Waals surface area (Å²) in [5.41, 5.74) is 0.946. The molecule has 5 nitrogen and oxygen atoms in total. The molecule has 1 saturated heterocycles. The third-order valence-electron chi connectivity index (χ3n) is 3.97. The third kappa shape index (κ3) is 5.22. The molecule has 0 bridgehead atoms. The minimum atomic E-state index is -0.369. The van der Waals surface area contributed by atoms with Gasteiger partial charge in [0.05, 0.1) is 5.41 Å². The largest absolute Gasteiger partial charge is 0.350 e. The van der Waals surface area contributed by atoms with Crippen molar-refractivity contribution in [2.24, 2.45) is 5.41 Å². The highest BCUT2D eigenvalue weighted by atomic mass is 35.5. The number of hydrogen-bond acceptors (Lipinski definition) is 3. The maximum absolute atomic E-state index is 12.4. The maximum Gasteiger partial charge on any atom is 0.251 e. The first kappa shape index (κ1) is 19.5. The Morgan fingerprint density at radius 3 is 2.39 bits per heavy atom. The van der Waals surface area contributed by atoms with Crippen molar-refractivity contribution in [1.29, 1.82) is 0 Å². The molecule has 6 heteroatoms. The minimum absolute atomic E-state index is 0. The summed E-state index contributed by atoms with van der Waals surface area (Å²) in [6.07, 6.45) is 1.90. The molecule has 0 aliphatic carbocycles. The molecular formula is C17H26ClN3O2. The Hall–Kier alpha value is -1.59. The molecule has 128 valence electrons. The van der Waals surface area contributed by atoms with Gasteiger partial charge in [0.25, 0.3) is 5.91 Å². The summed E-state index contributed by atoms with van der Waals surface area (Å²) in [4.78, 5) is 24.3. The van der Waals surface area contributed by atoms with E-state index in [1.165, 1.54) is 0 Å². The molecular weight excluding hydrogens is 314 g/mol. The first-order valence-electron chi connectivity index (χ1n) is 7.84. The lowest BCUT2D eigenvalue weighted by molar-refractivity contribution is -0.125. The number of anilines is 1. The highest BCUT2D eigenvalue weighted by Gasteiger charge is 2.34. The summed E-state index contributed by atoms with van der Waals surface area (Å²) in [7, 11) is 0. The zero-order valence-electron chi connectivity index (χ0n) is 13.9. The van der Waals surface area contributed by atoms with Crippen LogP contribution in [-0.2, 0) is 4.79 Å². The van der Waals surface area contributed by atoms with Gasteiger partial charge in [0, 0.05) is 23.8 Å². The molecule has 1 aromatic rings. The van der Waals surface area contributed by atoms with Gasteiger partial charge in [-0.05, 0) is 64.4 Å². The number of hydrogen-bond donors (Lipinski definition) is 3. The number of halogens is 1. The average molecular weight is 340 g/mol. The molecule has 0 spiro atoms. The van der Waals surface area contributed by atoms with E-state index in [1.54, 1.807) is 24.3 Å². The van der Waals surface area contributed by atoms with Gasteiger partial charge >= 0.3 is 0 Å². The molecule has 1 aromatic carbocycles. The van der Waals surface area contributed by atoms with Gasteiger partial charge in [-0.15, -0.1) is 12.4 Å². The number of carbonyl (C=O) groups is 2. The van der Waals surface area contributed by atoms with Crippen LogP contribution in [-0.4, -0.2) is 30.9 Å². The Bertz CT molecular complexity index is 537. The molecule has 0 radical (unpaired) electrons. The first-order valence-corrected chi connectivity index (χ1v) is 7.84. The lowest BCUT2D eigenvalue weighted by Crippen LogP contribution is -2.46. The van der Waals surface area contributed by atoms with E-state index in [2.05, 4.69) is 16.0 Å². The molecule has 1 fully saturated rings. The van der Waals surface area contributed by atoms with Crippen LogP contribution in [0.15, 0.2) is 24.3 Å². The highest BCUT2D eigenvalue weighted by molar-refractivity contribution is 5.97. The molecule has 2 amide bonds. The SMILES string of the molecule is CC(C)NC(=O)c1ccc(NC(=O)C2(C)CCCNC2)cc1.Cl. The van der Waals surface area contributed by atoms with Crippen LogP contribution in [0.5, 0.6) is 0 Å². The van der Waals surface area contributed by atoms with Gasteiger partial charge < -0.3 is 16.0 Å². The van der Waals surface area contributed by atoms with Gasteiger partial charge in [-0.25, -0.2) is 0 Å². The number of amides is 2. The predicted octanol–water partition coefficient (Wildman–Crippen LogP) is 2.57. The van der Waals surface area contributed by atoms with Crippen molar-refractivity contribution in [2.45, 2.75) is 39.7 Å². The van der Waals surface area contributed by atoms with Gasteiger partial charge in [-0.2, -0.15) is 0 Å². The van der Waals surface area contributed by atoms with Gasteiger partial charge in [0.1, 0.15) is 0 Å². The molecule has 1 heterocycles. The van der Waals surface area contributed by atoms with Crippen molar-refractivity contribution in [3.8, 4) is 0 Å². The van der Waals surface area contributed by atoms with Crippen molar-refractivity contribution in [3.05, 3.63) is 29.8 Å². The maximum atomic E-state index is 12.4. The Labute approximate surface area is 144 Å². The minimum Gasteiger partial charge on any atom is -0.350 e. The van der Waals surface area contributed by atoms with Gasteiger partial charge in [0.15, 0.2) is 0 Å². The molecule has 1 atom stereocenters. The zero-order chi connectivity index (χ0) is 16.2. The molecule has 2 rings (SSSR count). The van der Waals surface area contributed by atoms with Crippen LogP contribution in [0, 0.1) is 5.41 Å². The second-order valence-corrected chi connectivity index (χ2v) is 6.50. The molecule has 1 aliphatic heterocycles. The lowest BCUT2D eigenvalue weighted by atomic mass is 9.82. The van der Waals surface area contributed by atoms with Crippen LogP contribution < -0.4 is 16.0 Å². The molecule has 0 aromatic heterocycles.